The molecule has 1 fully saturated rings. The number of rotatable bonds is 5. The number of benzene rings is 1. The van der Waals surface area contributed by atoms with E-state index in [-0.39, 0.29) is 42.0 Å². The predicted octanol–water partition coefficient (Wildman–Crippen LogP) is -2.24. The second-order valence-electron chi connectivity index (χ2n) is 11.4. The van der Waals surface area contributed by atoms with Gasteiger partial charge in [0.1, 0.15) is 23.6 Å². The van der Waals surface area contributed by atoms with Crippen LogP contribution in [-0.4, -0.2) is 88.3 Å². The van der Waals surface area contributed by atoms with Crippen LogP contribution in [0.25, 0.3) is 0 Å². The number of carbonyl (C=O) groups excluding carboxylic acids is 2. The molecule has 1 spiro atoms. The zero-order chi connectivity index (χ0) is 29.1. The maximum atomic E-state index is 13.6. The molecule has 2 amide bonds. The van der Waals surface area contributed by atoms with Crippen LogP contribution in [0.15, 0.2) is 41.5 Å². The lowest BCUT2D eigenvalue weighted by atomic mass is 9.79. The molecule has 41 heavy (non-hydrogen) atoms. The first kappa shape index (κ1) is 27.1. The molecule has 5 atom stereocenters. The van der Waals surface area contributed by atoms with Gasteiger partial charge in [0.25, 0.3) is 11.8 Å². The smallest absolute Gasteiger partial charge is 0.343 e. The fraction of sp³-hybridized carbons (Fsp3) is 0.444. The Morgan fingerprint density at radius 3 is 2.83 bits per heavy atom. The van der Waals surface area contributed by atoms with E-state index in [9.17, 15) is 14.7 Å². The molecule has 1 aromatic heterocycles. The van der Waals surface area contributed by atoms with Crippen molar-refractivity contribution in [3.05, 3.63) is 58.4 Å². The van der Waals surface area contributed by atoms with Crippen molar-refractivity contribution in [3.8, 4) is 5.75 Å². The molecule has 0 saturated carbocycles. The predicted molar refractivity (Wildman–Crippen MR) is 150 cm³/mol. The zero-order valence-electron chi connectivity index (χ0n) is 22.6. The van der Waals surface area contributed by atoms with E-state index in [1.165, 1.54) is 12.3 Å². The van der Waals surface area contributed by atoms with Crippen molar-refractivity contribution in [2.45, 2.75) is 55.6 Å². The van der Waals surface area contributed by atoms with Gasteiger partial charge < -0.3 is 31.1 Å². The number of aliphatic hydroxyl groups excluding tert-OH is 1. The summed E-state index contributed by atoms with van der Waals surface area (Å²) in [5, 5.41) is 21.1. The van der Waals surface area contributed by atoms with Crippen LogP contribution in [0.4, 0.5) is 0 Å². The number of nitrogens with two attached hydrogens (primary N) is 2. The number of fused-ring (bicyclic) bond motifs is 1. The topological polar surface area (TPSA) is 194 Å². The highest BCUT2D eigenvalue weighted by atomic mass is 35.5. The summed E-state index contributed by atoms with van der Waals surface area (Å²) in [6, 6.07) is 6.72. The number of halogens is 1. The van der Waals surface area contributed by atoms with Gasteiger partial charge in [-0.1, -0.05) is 37.6 Å². The Kier molecular flexibility index (Phi) is 6.46. The van der Waals surface area contributed by atoms with Crippen molar-refractivity contribution < 1.29 is 24.4 Å². The minimum Gasteiger partial charge on any atom is -0.492 e. The normalized spacial score (nSPS) is 29.1. The molecule has 0 aliphatic carbocycles. The van der Waals surface area contributed by atoms with E-state index in [1.54, 1.807) is 17.0 Å². The standard InChI is InChI=1S/C27H32ClN9O4/c1-26(2)8-9-41-19-14(4-3-5-15(19)26)22(39)33-18-12-37-25(30)34-17(20-27(37,21(18)38)36-24(29)35-20)11-32-23(40)16-7-6-13(28)10-31-16/h3-7,10,17-18,20-21,38H,8-9,11-12H2,1-2H3,(H2,30,34)(H,32,40)(H,33,39)(H3,29,35,36)/p+1/t17-,18?,20-,21+,27-/m0/s1. The Hall–Kier alpha value is -4.10. The lowest BCUT2D eigenvalue weighted by Gasteiger charge is -2.43. The molecule has 13 nitrogen and oxygen atoms in total. The van der Waals surface area contributed by atoms with Crippen LogP contribution in [0.3, 0.4) is 0 Å². The molecule has 0 bridgehead atoms. The first-order chi connectivity index (χ1) is 19.5. The minimum atomic E-state index is -1.21. The molecule has 216 valence electrons. The van der Waals surface area contributed by atoms with Crippen molar-refractivity contribution in [3.63, 3.8) is 0 Å². The molecule has 1 unspecified atom stereocenters. The largest absolute Gasteiger partial charge is 0.492 e. The molecule has 5 heterocycles. The maximum Gasteiger partial charge on any atom is 0.343 e. The molecule has 6 rings (SSSR count). The van der Waals surface area contributed by atoms with Crippen molar-refractivity contribution in [2.75, 3.05) is 19.7 Å². The monoisotopic (exact) mass is 582 g/mol. The molecule has 1 aromatic carbocycles. The second kappa shape index (κ2) is 9.77. The zero-order valence-corrected chi connectivity index (χ0v) is 23.4. The number of para-hydroxylation sites is 1. The molecular formula is C27H33ClN9O4+. The fourth-order valence-electron chi connectivity index (χ4n) is 6.28. The van der Waals surface area contributed by atoms with Gasteiger partial charge in [-0.25, -0.2) is 15.3 Å². The van der Waals surface area contributed by atoms with E-state index in [0.29, 0.717) is 22.9 Å². The van der Waals surface area contributed by atoms with Gasteiger partial charge in [-0.05, 0) is 30.0 Å². The second-order valence-corrected chi connectivity index (χ2v) is 11.8. The number of pyridine rings is 1. The number of amides is 2. The van der Waals surface area contributed by atoms with E-state index in [1.807, 2.05) is 12.1 Å². The van der Waals surface area contributed by atoms with E-state index in [4.69, 9.17) is 27.8 Å². The van der Waals surface area contributed by atoms with Crippen LogP contribution in [-0.2, 0) is 5.41 Å². The number of hydrogen-bond acceptors (Lipinski definition) is 10. The molecule has 2 aromatic rings. The highest BCUT2D eigenvalue weighted by Gasteiger charge is 2.68. The number of nitrogens with one attached hydrogen (secondary N) is 4. The lowest BCUT2D eigenvalue weighted by Crippen LogP contribution is -2.88. The van der Waals surface area contributed by atoms with Crippen LogP contribution >= 0.6 is 11.6 Å². The van der Waals surface area contributed by atoms with Gasteiger partial charge in [0.2, 0.25) is 5.66 Å². The molecular weight excluding hydrogens is 550 g/mol. The molecule has 1 saturated heterocycles. The summed E-state index contributed by atoms with van der Waals surface area (Å²) in [6.07, 6.45) is 1.09. The van der Waals surface area contributed by atoms with Gasteiger partial charge in [-0.3, -0.25) is 20.3 Å². The molecule has 0 radical (unpaired) electrons. The van der Waals surface area contributed by atoms with Gasteiger partial charge >= 0.3 is 5.96 Å². The summed E-state index contributed by atoms with van der Waals surface area (Å²) in [7, 11) is 0. The summed E-state index contributed by atoms with van der Waals surface area (Å²) in [5.41, 5.74) is 12.8. The van der Waals surface area contributed by atoms with Crippen molar-refractivity contribution in [1.82, 2.24) is 25.8 Å². The van der Waals surface area contributed by atoms with Gasteiger partial charge in [0.05, 0.1) is 23.2 Å². The quantitative estimate of drug-likeness (QED) is 0.204. The maximum absolute atomic E-state index is 13.6. The van der Waals surface area contributed by atoms with Crippen LogP contribution in [0.5, 0.6) is 5.75 Å². The van der Waals surface area contributed by atoms with E-state index in [0.717, 1.165) is 12.0 Å². The number of ether oxygens (including phenoxy) is 1. The van der Waals surface area contributed by atoms with Gasteiger partial charge in [0, 0.05) is 24.8 Å². The number of nitrogens with zero attached hydrogens (tertiary/aromatic N) is 3. The Bertz CT molecular complexity index is 1460. The molecule has 14 heteroatoms. The number of carbonyl (C=O) groups is 2. The summed E-state index contributed by atoms with van der Waals surface area (Å²) < 4.78 is 5.93. The van der Waals surface area contributed by atoms with Crippen molar-refractivity contribution in [1.29, 1.82) is 0 Å². The molecule has 4 aliphatic rings. The first-order valence-electron chi connectivity index (χ1n) is 13.4. The Morgan fingerprint density at radius 1 is 1.27 bits per heavy atom. The number of aliphatic hydroxyl groups is 1. The Labute approximate surface area is 241 Å². The number of aliphatic imine (C=N–C) groups is 1. The van der Waals surface area contributed by atoms with Crippen LogP contribution in [0.2, 0.25) is 5.02 Å². The van der Waals surface area contributed by atoms with Crippen LogP contribution in [0.1, 0.15) is 46.7 Å². The summed E-state index contributed by atoms with van der Waals surface area (Å²) in [6.45, 7) is 5.02. The summed E-state index contributed by atoms with van der Waals surface area (Å²) in [5.74, 6) is 0.150. The fourth-order valence-corrected chi connectivity index (χ4v) is 6.39. The van der Waals surface area contributed by atoms with E-state index in [2.05, 4.69) is 44.8 Å². The molecule has 9 N–H and O–H groups in total. The van der Waals surface area contributed by atoms with Crippen LogP contribution < -0.4 is 37.1 Å². The number of guanidine groups is 2. The summed E-state index contributed by atoms with van der Waals surface area (Å²) >= 11 is 5.87. The average molecular weight is 583 g/mol. The van der Waals surface area contributed by atoms with Gasteiger partial charge in [0.15, 0.2) is 12.0 Å². The third-order valence-electron chi connectivity index (χ3n) is 8.45. The average Bonchev–Trinajstić information content (AvgIpc) is 3.43. The first-order valence-corrected chi connectivity index (χ1v) is 13.8. The SMILES string of the molecule is CC1(C)CCOc2c(C(=O)NC3CN4C(N)=N[C@@H](CNC(=O)c5ccc(Cl)cn5)[C@@H]5[NH+]=C(N)N[C@@]54[C@@H]3O)cccc21. The van der Waals surface area contributed by atoms with Crippen molar-refractivity contribution >= 4 is 35.3 Å². The van der Waals surface area contributed by atoms with Crippen LogP contribution in [0, 0.1) is 0 Å². The lowest BCUT2D eigenvalue weighted by molar-refractivity contribution is -0.513. The third-order valence-corrected chi connectivity index (χ3v) is 8.67. The number of aromatic nitrogens is 1. The van der Waals surface area contributed by atoms with Gasteiger partial charge in [-0.15, -0.1) is 0 Å². The minimum absolute atomic E-state index is 0.0824. The highest BCUT2D eigenvalue weighted by Crippen LogP contribution is 2.41. The third kappa shape index (κ3) is 4.39. The van der Waals surface area contributed by atoms with Gasteiger partial charge in [-0.2, -0.15) is 0 Å². The number of hydrogen-bond donors (Lipinski definition) is 7. The highest BCUT2D eigenvalue weighted by molar-refractivity contribution is 6.30. The molecule has 4 aliphatic heterocycles. The van der Waals surface area contributed by atoms with E-state index >= 15 is 0 Å². The van der Waals surface area contributed by atoms with E-state index < -0.39 is 35.8 Å². The Morgan fingerprint density at radius 2 is 2.07 bits per heavy atom. The summed E-state index contributed by atoms with van der Waals surface area (Å²) in [4.78, 5) is 39.8. The van der Waals surface area contributed by atoms with Crippen molar-refractivity contribution in [2.24, 2.45) is 16.5 Å². The Balaban J connectivity index is 1.22.